The minimum absolute atomic E-state index is 0.109. The first kappa shape index (κ1) is 17.2. The highest BCUT2D eigenvalue weighted by atomic mass is 16.5. The molecule has 0 spiro atoms. The number of methoxy groups -OCH3 is 1. The Morgan fingerprint density at radius 3 is 2.54 bits per heavy atom. The van der Waals surface area contributed by atoms with Crippen LogP contribution in [0.15, 0.2) is 53.5 Å². The van der Waals surface area contributed by atoms with Crippen LogP contribution in [-0.4, -0.2) is 24.1 Å². The van der Waals surface area contributed by atoms with Crippen LogP contribution < -0.4 is 10.3 Å². The minimum Gasteiger partial charge on any atom is -0.497 e. The molecule has 0 amide bonds. The van der Waals surface area contributed by atoms with Crippen LogP contribution in [0.5, 0.6) is 5.75 Å². The molecule has 6 nitrogen and oxygen atoms in total. The fourth-order valence-electron chi connectivity index (χ4n) is 2.86. The molecule has 0 saturated heterocycles. The Kier molecular flexibility index (Phi) is 4.72. The first-order valence-corrected chi connectivity index (χ1v) is 8.01. The number of benzene rings is 1. The zero-order valence-corrected chi connectivity index (χ0v) is 14.4. The van der Waals surface area contributed by atoms with Crippen molar-refractivity contribution in [3.05, 3.63) is 70.1 Å². The molecule has 26 heavy (non-hydrogen) atoms. The third-order valence-electron chi connectivity index (χ3n) is 4.02. The van der Waals surface area contributed by atoms with Crippen molar-refractivity contribution < 1.29 is 14.3 Å². The smallest absolute Gasteiger partial charge is 0.340 e. The minimum atomic E-state index is -0.585. The quantitative estimate of drug-likeness (QED) is 0.677. The Morgan fingerprint density at radius 2 is 1.92 bits per heavy atom. The zero-order chi connectivity index (χ0) is 18.7. The Balaban J connectivity index is 2.45. The number of ether oxygens (including phenoxy) is 2. The molecule has 6 heteroatoms. The van der Waals surface area contributed by atoms with E-state index in [4.69, 9.17) is 9.47 Å². The molecule has 0 atom stereocenters. The van der Waals surface area contributed by atoms with Crippen molar-refractivity contribution in [3.63, 3.8) is 0 Å². The number of pyridine rings is 2. The molecule has 0 N–H and O–H groups in total. The van der Waals surface area contributed by atoms with Crippen molar-refractivity contribution in [3.8, 4) is 22.9 Å². The summed E-state index contributed by atoms with van der Waals surface area (Å²) >= 11 is 0. The molecule has 3 aromatic rings. The molecule has 1 aromatic carbocycles. The summed E-state index contributed by atoms with van der Waals surface area (Å²) in [5.41, 5.74) is 0.817. The third-order valence-corrected chi connectivity index (χ3v) is 4.02. The van der Waals surface area contributed by atoms with Crippen LogP contribution in [0.1, 0.15) is 22.8 Å². The van der Waals surface area contributed by atoms with Crippen molar-refractivity contribution in [2.45, 2.75) is 6.92 Å². The normalized spacial score (nSPS) is 10.3. The lowest BCUT2D eigenvalue weighted by Gasteiger charge is -2.15. The van der Waals surface area contributed by atoms with E-state index in [0.717, 1.165) is 0 Å². The van der Waals surface area contributed by atoms with Crippen LogP contribution in [0.3, 0.4) is 0 Å². The van der Waals surface area contributed by atoms with E-state index < -0.39 is 11.5 Å². The standard InChI is InChI=1S/C20H16N2O4/c1-3-26-20(24)18-16-6-4-5-11-22(16)19(23)15(12-21)17(18)13-7-9-14(25-2)10-8-13/h4-11H,3H2,1-2H3. The number of hydrogen-bond acceptors (Lipinski definition) is 5. The average molecular weight is 348 g/mol. The molecule has 0 unspecified atom stereocenters. The largest absolute Gasteiger partial charge is 0.497 e. The second-order valence-electron chi connectivity index (χ2n) is 5.45. The van der Waals surface area contributed by atoms with Gasteiger partial charge in [0.2, 0.25) is 0 Å². The molecular weight excluding hydrogens is 332 g/mol. The molecule has 130 valence electrons. The highest BCUT2D eigenvalue weighted by molar-refractivity contribution is 6.05. The Labute approximate surface area is 149 Å². The van der Waals surface area contributed by atoms with Gasteiger partial charge in [-0.05, 0) is 36.8 Å². The third kappa shape index (κ3) is 2.80. The van der Waals surface area contributed by atoms with Crippen molar-refractivity contribution >= 4 is 11.5 Å². The van der Waals surface area contributed by atoms with Crippen molar-refractivity contribution in [2.24, 2.45) is 0 Å². The van der Waals surface area contributed by atoms with Crippen LogP contribution in [0, 0.1) is 11.3 Å². The van der Waals surface area contributed by atoms with Crippen molar-refractivity contribution in [1.29, 1.82) is 5.26 Å². The van der Waals surface area contributed by atoms with E-state index in [2.05, 4.69) is 0 Å². The second-order valence-corrected chi connectivity index (χ2v) is 5.45. The van der Waals surface area contributed by atoms with Crippen LogP contribution in [-0.2, 0) is 4.74 Å². The number of aromatic nitrogens is 1. The van der Waals surface area contributed by atoms with Gasteiger partial charge in [0, 0.05) is 11.8 Å². The lowest BCUT2D eigenvalue weighted by molar-refractivity contribution is 0.0529. The average Bonchev–Trinajstić information content (AvgIpc) is 2.68. The summed E-state index contributed by atoms with van der Waals surface area (Å²) in [7, 11) is 1.54. The van der Waals surface area contributed by atoms with Crippen LogP contribution in [0.4, 0.5) is 0 Å². The summed E-state index contributed by atoms with van der Waals surface area (Å²) in [4.78, 5) is 25.5. The van der Waals surface area contributed by atoms with E-state index in [-0.39, 0.29) is 23.3 Å². The monoisotopic (exact) mass is 348 g/mol. The molecule has 0 aliphatic rings. The molecule has 0 aliphatic carbocycles. The first-order chi connectivity index (χ1) is 12.6. The van der Waals surface area contributed by atoms with Gasteiger partial charge in [0.25, 0.3) is 5.56 Å². The zero-order valence-electron chi connectivity index (χ0n) is 14.4. The van der Waals surface area contributed by atoms with Gasteiger partial charge in [-0.2, -0.15) is 5.26 Å². The number of nitriles is 1. The summed E-state index contributed by atoms with van der Waals surface area (Å²) < 4.78 is 11.6. The fraction of sp³-hybridized carbons (Fsp3) is 0.150. The van der Waals surface area contributed by atoms with Gasteiger partial charge in [0.1, 0.15) is 17.4 Å². The molecule has 0 bridgehead atoms. The number of fused-ring (bicyclic) bond motifs is 1. The molecular formula is C20H16N2O4. The topological polar surface area (TPSA) is 80.8 Å². The molecule has 2 aromatic heterocycles. The summed E-state index contributed by atoms with van der Waals surface area (Å²) in [6.45, 7) is 1.88. The molecule has 0 fully saturated rings. The number of carbonyl (C=O) groups is 1. The summed E-state index contributed by atoms with van der Waals surface area (Å²) in [5, 5.41) is 9.62. The number of carbonyl (C=O) groups excluding carboxylic acids is 1. The number of esters is 1. The SMILES string of the molecule is CCOC(=O)c1c(-c2ccc(OC)cc2)c(C#N)c(=O)n2ccccc12. The number of rotatable bonds is 4. The van der Waals surface area contributed by atoms with Gasteiger partial charge >= 0.3 is 5.97 Å². The van der Waals surface area contributed by atoms with Crippen LogP contribution >= 0.6 is 0 Å². The predicted octanol–water partition coefficient (Wildman–Crippen LogP) is 3.02. The highest BCUT2D eigenvalue weighted by Crippen LogP contribution is 2.30. The molecule has 2 heterocycles. The lowest BCUT2D eigenvalue weighted by Crippen LogP contribution is -2.22. The predicted molar refractivity (Wildman–Crippen MR) is 96.3 cm³/mol. The van der Waals surface area contributed by atoms with Crippen LogP contribution in [0.2, 0.25) is 0 Å². The van der Waals surface area contributed by atoms with E-state index in [1.54, 1.807) is 56.5 Å². The molecule has 0 radical (unpaired) electrons. The van der Waals surface area contributed by atoms with Gasteiger partial charge in [0.15, 0.2) is 0 Å². The maximum atomic E-state index is 12.8. The van der Waals surface area contributed by atoms with E-state index >= 15 is 0 Å². The maximum absolute atomic E-state index is 12.8. The Bertz CT molecular complexity index is 1080. The van der Waals surface area contributed by atoms with Crippen molar-refractivity contribution in [2.75, 3.05) is 13.7 Å². The van der Waals surface area contributed by atoms with E-state index in [0.29, 0.717) is 16.8 Å². The van der Waals surface area contributed by atoms with Gasteiger partial charge in [-0.3, -0.25) is 9.20 Å². The molecule has 0 saturated carbocycles. The van der Waals surface area contributed by atoms with E-state index in [1.807, 2.05) is 6.07 Å². The lowest BCUT2D eigenvalue weighted by atomic mass is 9.95. The summed E-state index contributed by atoms with van der Waals surface area (Å²) in [5.74, 6) is 0.0426. The Morgan fingerprint density at radius 1 is 1.19 bits per heavy atom. The van der Waals surface area contributed by atoms with Gasteiger partial charge in [-0.15, -0.1) is 0 Å². The highest BCUT2D eigenvalue weighted by Gasteiger charge is 2.24. The van der Waals surface area contributed by atoms with Gasteiger partial charge in [-0.25, -0.2) is 4.79 Å². The summed E-state index contributed by atoms with van der Waals surface area (Å²) in [6.07, 6.45) is 1.53. The van der Waals surface area contributed by atoms with E-state index in [9.17, 15) is 14.9 Å². The van der Waals surface area contributed by atoms with E-state index in [1.165, 1.54) is 10.6 Å². The molecule has 3 rings (SSSR count). The van der Waals surface area contributed by atoms with Gasteiger partial charge < -0.3 is 9.47 Å². The van der Waals surface area contributed by atoms with Crippen LogP contribution in [0.25, 0.3) is 16.6 Å². The van der Waals surface area contributed by atoms with Gasteiger partial charge in [-0.1, -0.05) is 18.2 Å². The molecule has 0 aliphatic heterocycles. The first-order valence-electron chi connectivity index (χ1n) is 8.01. The number of hydrogen-bond donors (Lipinski definition) is 0. The van der Waals surface area contributed by atoms with Gasteiger partial charge in [0.05, 0.1) is 24.8 Å². The maximum Gasteiger partial charge on any atom is 0.340 e. The number of nitrogens with zero attached hydrogens (tertiary/aromatic N) is 2. The Hall–Kier alpha value is -3.59. The fourth-order valence-corrected chi connectivity index (χ4v) is 2.86. The second kappa shape index (κ2) is 7.11. The summed E-state index contributed by atoms with van der Waals surface area (Å²) in [6, 6.07) is 13.8. The van der Waals surface area contributed by atoms with Crippen molar-refractivity contribution in [1.82, 2.24) is 4.40 Å².